The highest BCUT2D eigenvalue weighted by Crippen LogP contribution is 2.19. The lowest BCUT2D eigenvalue weighted by Crippen LogP contribution is -2.35. The normalized spacial score (nSPS) is 15.5. The molecule has 0 bridgehead atoms. The first kappa shape index (κ1) is 15.6. The van der Waals surface area contributed by atoms with Gasteiger partial charge in [-0.05, 0) is 18.4 Å². The number of halogens is 1. The molecule has 1 fully saturated rings. The lowest BCUT2D eigenvalue weighted by atomic mass is 10.1. The predicted octanol–water partition coefficient (Wildman–Crippen LogP) is 3.25. The summed E-state index contributed by atoms with van der Waals surface area (Å²) in [6, 6.07) is 0. The molecule has 110 valence electrons. The van der Waals surface area contributed by atoms with Gasteiger partial charge in [0.25, 0.3) is 0 Å². The molecule has 0 N–H and O–H groups in total. The second-order valence-corrected chi connectivity index (χ2v) is 6.19. The largest absolute Gasteiger partial charge is 0.340 e. The van der Waals surface area contributed by atoms with E-state index in [1.54, 1.807) is 0 Å². The highest BCUT2D eigenvalue weighted by molar-refractivity contribution is 7.98. The van der Waals surface area contributed by atoms with E-state index in [1.165, 1.54) is 23.9 Å². The number of aromatic nitrogens is 2. The fraction of sp³-hybridized carbons (Fsp3) is 0.615. The van der Waals surface area contributed by atoms with Crippen LogP contribution in [-0.2, 0) is 0 Å². The van der Waals surface area contributed by atoms with E-state index in [2.05, 4.69) is 26.1 Å². The molecule has 4 nitrogen and oxygen atoms in total. The Bertz CT molecular complexity index is 429. The van der Waals surface area contributed by atoms with E-state index in [4.69, 9.17) is 0 Å². The summed E-state index contributed by atoms with van der Waals surface area (Å²) in [6.45, 7) is 2.72. The van der Waals surface area contributed by atoms with Crippen LogP contribution in [0.1, 0.15) is 19.3 Å². The van der Waals surface area contributed by atoms with Gasteiger partial charge in [-0.3, -0.25) is 4.99 Å². The Labute approximate surface area is 128 Å². The second-order valence-electron chi connectivity index (χ2n) is 4.58. The van der Waals surface area contributed by atoms with Gasteiger partial charge in [-0.1, -0.05) is 0 Å². The van der Waals surface area contributed by atoms with Crippen LogP contribution in [0.3, 0.4) is 0 Å². The van der Waals surface area contributed by atoms with E-state index in [0.717, 1.165) is 38.9 Å². The highest BCUT2D eigenvalue weighted by atomic mass is 32.2. The Hall–Kier alpha value is -0.820. The Kier molecular flexibility index (Phi) is 6.59. The summed E-state index contributed by atoms with van der Waals surface area (Å²) in [5.74, 6) is 1.86. The average molecular weight is 314 g/mol. The van der Waals surface area contributed by atoms with Crippen molar-refractivity contribution in [1.29, 1.82) is 0 Å². The van der Waals surface area contributed by atoms with Crippen molar-refractivity contribution in [1.82, 2.24) is 9.97 Å². The molecule has 0 amide bonds. The van der Waals surface area contributed by atoms with E-state index in [1.807, 2.05) is 11.8 Å². The molecule has 1 aliphatic heterocycles. The van der Waals surface area contributed by atoms with Crippen molar-refractivity contribution in [2.75, 3.05) is 36.5 Å². The summed E-state index contributed by atoms with van der Waals surface area (Å²) in [7, 11) is 0. The third-order valence-electron chi connectivity index (χ3n) is 3.17. The lowest BCUT2D eigenvalue weighted by Gasteiger charge is -2.27. The summed E-state index contributed by atoms with van der Waals surface area (Å²) in [6.07, 6.45) is 8.28. The minimum absolute atomic E-state index is 0.173. The number of nitrogens with zero attached hydrogens (tertiary/aromatic N) is 4. The molecule has 20 heavy (non-hydrogen) atoms. The van der Waals surface area contributed by atoms with E-state index >= 15 is 0 Å². The van der Waals surface area contributed by atoms with E-state index in [9.17, 15) is 3.89 Å². The zero-order valence-corrected chi connectivity index (χ0v) is 13.2. The molecule has 0 atom stereocenters. The number of rotatable bonds is 6. The van der Waals surface area contributed by atoms with Gasteiger partial charge in [0, 0.05) is 50.6 Å². The van der Waals surface area contributed by atoms with Crippen molar-refractivity contribution in [2.45, 2.75) is 24.2 Å². The quantitative estimate of drug-likeness (QED) is 0.754. The average Bonchev–Trinajstić information content (AvgIpc) is 2.52. The molecule has 0 radical (unpaired) electrons. The number of hydrogen-bond donors (Lipinski definition) is 0. The van der Waals surface area contributed by atoms with Gasteiger partial charge in [0.15, 0.2) is 0 Å². The zero-order chi connectivity index (χ0) is 14.2. The van der Waals surface area contributed by atoms with Crippen LogP contribution in [0, 0.1) is 0 Å². The molecule has 0 saturated carbocycles. The first-order chi connectivity index (χ1) is 9.83. The van der Waals surface area contributed by atoms with Crippen LogP contribution in [-0.4, -0.2) is 47.3 Å². The molecule has 0 aromatic carbocycles. The topological polar surface area (TPSA) is 41.4 Å². The van der Waals surface area contributed by atoms with Crippen LogP contribution in [0.25, 0.3) is 0 Å². The van der Waals surface area contributed by atoms with Gasteiger partial charge in [-0.15, -0.1) is 0 Å². The molecule has 1 aromatic heterocycles. The fourth-order valence-corrected chi connectivity index (χ4v) is 2.68. The maximum Gasteiger partial charge on any atom is 0.225 e. The maximum atomic E-state index is 12.3. The predicted molar refractivity (Wildman–Crippen MR) is 85.7 cm³/mol. The maximum absolute atomic E-state index is 12.3. The smallest absolute Gasteiger partial charge is 0.225 e. The minimum Gasteiger partial charge on any atom is -0.340 e. The minimum atomic E-state index is 0.173. The number of aliphatic imine (C=N–C) groups is 1. The molecular formula is C13H19FN4S2. The first-order valence-electron chi connectivity index (χ1n) is 6.70. The van der Waals surface area contributed by atoms with E-state index in [-0.39, 0.29) is 12.1 Å². The third kappa shape index (κ3) is 4.63. The van der Waals surface area contributed by atoms with Crippen molar-refractivity contribution in [3.8, 4) is 0 Å². The molecule has 0 unspecified atom stereocenters. The molecule has 2 rings (SSSR count). The standard InChI is InChI=1S/C13H19FN4S2/c1-19-8-2-5-15-11-3-6-18(7-4-11)13-16-9-12(20-14)10-17-13/h9-10H,2-8H2,1H3. The van der Waals surface area contributed by atoms with Crippen LogP contribution >= 0.6 is 23.9 Å². The molecule has 0 spiro atoms. The second kappa shape index (κ2) is 8.46. The van der Waals surface area contributed by atoms with Crippen molar-refractivity contribution in [3.05, 3.63) is 12.4 Å². The van der Waals surface area contributed by atoms with Crippen molar-refractivity contribution >= 4 is 35.6 Å². The fourth-order valence-electron chi connectivity index (χ4n) is 2.08. The zero-order valence-electron chi connectivity index (χ0n) is 11.6. The molecular weight excluding hydrogens is 295 g/mol. The molecule has 0 aliphatic carbocycles. The van der Waals surface area contributed by atoms with Crippen LogP contribution in [0.15, 0.2) is 22.3 Å². The van der Waals surface area contributed by atoms with Crippen molar-refractivity contribution in [3.63, 3.8) is 0 Å². The Morgan fingerprint density at radius 1 is 1.30 bits per heavy atom. The molecule has 7 heteroatoms. The van der Waals surface area contributed by atoms with Gasteiger partial charge in [0.1, 0.15) is 0 Å². The molecule has 1 saturated heterocycles. The Balaban J connectivity index is 1.81. The highest BCUT2D eigenvalue weighted by Gasteiger charge is 2.17. The van der Waals surface area contributed by atoms with Crippen molar-refractivity contribution in [2.24, 2.45) is 4.99 Å². The summed E-state index contributed by atoms with van der Waals surface area (Å²) >= 11 is 2.04. The number of thioether (sulfide) groups is 1. The number of piperidine rings is 1. The summed E-state index contributed by atoms with van der Waals surface area (Å²) < 4.78 is 12.3. The van der Waals surface area contributed by atoms with Crippen molar-refractivity contribution < 1.29 is 3.89 Å². The van der Waals surface area contributed by atoms with Gasteiger partial charge in [0.2, 0.25) is 5.95 Å². The van der Waals surface area contributed by atoms with E-state index in [0.29, 0.717) is 10.8 Å². The van der Waals surface area contributed by atoms with Gasteiger partial charge < -0.3 is 4.90 Å². The van der Waals surface area contributed by atoms with Crippen LogP contribution in [0.5, 0.6) is 0 Å². The number of hydrogen-bond acceptors (Lipinski definition) is 6. The molecule has 1 aliphatic rings. The first-order valence-corrected chi connectivity index (χ1v) is 8.81. The SMILES string of the molecule is CSCCCN=C1CCN(c2ncc(SF)cn2)CC1. The lowest BCUT2D eigenvalue weighted by molar-refractivity contribution is 0.724. The summed E-state index contributed by atoms with van der Waals surface area (Å²) in [4.78, 5) is 15.6. The summed E-state index contributed by atoms with van der Waals surface area (Å²) in [5, 5.41) is 0. The van der Waals surface area contributed by atoms with Crippen LogP contribution in [0.2, 0.25) is 0 Å². The summed E-state index contributed by atoms with van der Waals surface area (Å²) in [5.41, 5.74) is 1.30. The van der Waals surface area contributed by atoms with E-state index < -0.39 is 0 Å². The van der Waals surface area contributed by atoms with Gasteiger partial charge >= 0.3 is 0 Å². The van der Waals surface area contributed by atoms with Crippen LogP contribution < -0.4 is 4.90 Å². The molecule has 1 aromatic rings. The third-order valence-corrected chi connectivity index (χ3v) is 4.25. The van der Waals surface area contributed by atoms with Gasteiger partial charge in [0.05, 0.1) is 17.0 Å². The van der Waals surface area contributed by atoms with Crippen LogP contribution in [0.4, 0.5) is 9.83 Å². The Morgan fingerprint density at radius 3 is 2.60 bits per heavy atom. The Morgan fingerprint density at radius 2 is 2.00 bits per heavy atom. The number of anilines is 1. The van der Waals surface area contributed by atoms with Gasteiger partial charge in [-0.25, -0.2) is 9.97 Å². The van der Waals surface area contributed by atoms with Gasteiger partial charge in [-0.2, -0.15) is 15.6 Å². The molecule has 2 heterocycles. The monoisotopic (exact) mass is 314 g/mol.